The molecule has 32 heavy (non-hydrogen) atoms. The maximum atomic E-state index is 13.2. The summed E-state index contributed by atoms with van der Waals surface area (Å²) in [6.45, 7) is 6.59. The van der Waals surface area contributed by atoms with Crippen LogP contribution in [0.4, 0.5) is 5.69 Å². The molecule has 0 aromatic heterocycles. The molecule has 0 unspecified atom stereocenters. The maximum Gasteiger partial charge on any atom is 0.257 e. The molecule has 1 aromatic rings. The minimum atomic E-state index is -0.272. The standard InChI is InChI=1S/C23H35N3O6/c1-7-21(27)24-17-8-9-18-19(10-17)32-13-16(3)26(22(28)14-30-5)11-15(2)20(31-6)12-25(4)23(18)29/h8-10,15-16,20H,7,11-14H2,1-6H3,(H,24,27)/t15-,16+,20+/m0/s1. The molecule has 1 aliphatic heterocycles. The van der Waals surface area contributed by atoms with E-state index in [-0.39, 0.29) is 49.0 Å². The molecule has 1 heterocycles. The number of likely N-dealkylation sites (N-methyl/N-ethyl adjacent to an activating group) is 1. The molecule has 0 aliphatic carbocycles. The third-order valence-corrected chi connectivity index (χ3v) is 5.64. The number of amides is 3. The predicted octanol–water partition coefficient (Wildman–Crippen LogP) is 2.01. The fraction of sp³-hybridized carbons (Fsp3) is 0.609. The summed E-state index contributed by atoms with van der Waals surface area (Å²) in [5, 5.41) is 2.79. The van der Waals surface area contributed by atoms with Gasteiger partial charge in [-0.15, -0.1) is 0 Å². The van der Waals surface area contributed by atoms with Gasteiger partial charge in [0, 0.05) is 58.4 Å². The Bertz CT molecular complexity index is 815. The number of hydrogen-bond donors (Lipinski definition) is 1. The van der Waals surface area contributed by atoms with E-state index in [1.165, 1.54) is 7.11 Å². The van der Waals surface area contributed by atoms with Gasteiger partial charge in [0.2, 0.25) is 11.8 Å². The second-order valence-electron chi connectivity index (χ2n) is 8.19. The molecule has 178 valence electrons. The monoisotopic (exact) mass is 449 g/mol. The van der Waals surface area contributed by atoms with Gasteiger partial charge in [-0.25, -0.2) is 0 Å². The van der Waals surface area contributed by atoms with Crippen molar-refractivity contribution in [2.75, 3.05) is 52.9 Å². The van der Waals surface area contributed by atoms with Crippen molar-refractivity contribution in [1.82, 2.24) is 9.80 Å². The zero-order chi connectivity index (χ0) is 23.8. The van der Waals surface area contributed by atoms with Gasteiger partial charge >= 0.3 is 0 Å². The molecule has 0 saturated heterocycles. The number of fused-ring (bicyclic) bond motifs is 1. The van der Waals surface area contributed by atoms with Crippen LogP contribution in [0.15, 0.2) is 18.2 Å². The Balaban J connectivity index is 2.44. The van der Waals surface area contributed by atoms with Crippen LogP contribution in [0, 0.1) is 5.92 Å². The van der Waals surface area contributed by atoms with Gasteiger partial charge in [0.25, 0.3) is 5.91 Å². The average Bonchev–Trinajstić information content (AvgIpc) is 2.78. The van der Waals surface area contributed by atoms with Crippen LogP contribution in [0.2, 0.25) is 0 Å². The number of nitrogens with zero attached hydrogens (tertiary/aromatic N) is 2. The zero-order valence-electron chi connectivity index (χ0n) is 19.8. The first-order valence-corrected chi connectivity index (χ1v) is 10.8. The molecular formula is C23H35N3O6. The zero-order valence-corrected chi connectivity index (χ0v) is 19.8. The summed E-state index contributed by atoms with van der Waals surface area (Å²) in [6, 6.07) is 4.70. The first-order valence-electron chi connectivity index (χ1n) is 10.8. The molecule has 0 fully saturated rings. The molecule has 0 radical (unpaired) electrons. The third kappa shape index (κ3) is 6.43. The van der Waals surface area contributed by atoms with Crippen LogP contribution in [0.3, 0.4) is 0 Å². The number of hydrogen-bond acceptors (Lipinski definition) is 6. The quantitative estimate of drug-likeness (QED) is 0.739. The van der Waals surface area contributed by atoms with Gasteiger partial charge in [0.1, 0.15) is 19.0 Å². The van der Waals surface area contributed by atoms with E-state index in [2.05, 4.69) is 5.32 Å². The van der Waals surface area contributed by atoms with Crippen LogP contribution >= 0.6 is 0 Å². The molecule has 0 saturated carbocycles. The number of methoxy groups -OCH3 is 2. The molecule has 9 heteroatoms. The van der Waals surface area contributed by atoms with Gasteiger partial charge in [-0.3, -0.25) is 14.4 Å². The van der Waals surface area contributed by atoms with Crippen LogP contribution in [-0.2, 0) is 19.1 Å². The average molecular weight is 450 g/mol. The number of nitrogens with one attached hydrogen (secondary N) is 1. The first-order chi connectivity index (χ1) is 15.2. The summed E-state index contributed by atoms with van der Waals surface area (Å²) in [7, 11) is 4.80. The Hall–Kier alpha value is -2.65. The Morgan fingerprint density at radius 1 is 1.22 bits per heavy atom. The van der Waals surface area contributed by atoms with E-state index >= 15 is 0 Å². The van der Waals surface area contributed by atoms with Crippen molar-refractivity contribution in [3.63, 3.8) is 0 Å². The highest BCUT2D eigenvalue weighted by Crippen LogP contribution is 2.27. The summed E-state index contributed by atoms with van der Waals surface area (Å²) in [5.41, 5.74) is 0.925. The second-order valence-corrected chi connectivity index (χ2v) is 8.19. The van der Waals surface area contributed by atoms with Gasteiger partial charge in [0.15, 0.2) is 0 Å². The highest BCUT2D eigenvalue weighted by atomic mass is 16.5. The normalized spacial score (nSPS) is 22.3. The second kappa shape index (κ2) is 11.8. The van der Waals surface area contributed by atoms with Gasteiger partial charge in [0.05, 0.1) is 17.7 Å². The molecule has 9 nitrogen and oxygen atoms in total. The summed E-state index contributed by atoms with van der Waals surface area (Å²) in [6.07, 6.45) is 0.0741. The van der Waals surface area contributed by atoms with Crippen molar-refractivity contribution in [2.45, 2.75) is 39.3 Å². The molecular weight excluding hydrogens is 414 g/mol. The van der Waals surface area contributed by atoms with Crippen molar-refractivity contribution in [3.05, 3.63) is 23.8 Å². The van der Waals surface area contributed by atoms with E-state index in [1.54, 1.807) is 49.1 Å². The lowest BCUT2D eigenvalue weighted by Crippen LogP contribution is -2.49. The minimum Gasteiger partial charge on any atom is -0.491 e. The number of ether oxygens (including phenoxy) is 3. The lowest BCUT2D eigenvalue weighted by Gasteiger charge is -2.36. The Morgan fingerprint density at radius 2 is 1.94 bits per heavy atom. The summed E-state index contributed by atoms with van der Waals surface area (Å²) < 4.78 is 16.8. The van der Waals surface area contributed by atoms with E-state index in [9.17, 15) is 14.4 Å². The van der Waals surface area contributed by atoms with Crippen LogP contribution in [0.25, 0.3) is 0 Å². The number of carbonyl (C=O) groups is 3. The van der Waals surface area contributed by atoms with Crippen LogP contribution in [-0.4, -0.2) is 87.2 Å². The van der Waals surface area contributed by atoms with Crippen molar-refractivity contribution in [1.29, 1.82) is 0 Å². The topological polar surface area (TPSA) is 97.4 Å². The Kier molecular flexibility index (Phi) is 9.46. The van der Waals surface area contributed by atoms with E-state index in [0.29, 0.717) is 36.5 Å². The third-order valence-electron chi connectivity index (χ3n) is 5.64. The predicted molar refractivity (Wildman–Crippen MR) is 121 cm³/mol. The lowest BCUT2D eigenvalue weighted by molar-refractivity contribution is -0.139. The first kappa shape index (κ1) is 25.6. The fourth-order valence-electron chi connectivity index (χ4n) is 3.65. The molecule has 3 amide bonds. The molecule has 1 aromatic carbocycles. The van der Waals surface area contributed by atoms with Gasteiger partial charge < -0.3 is 29.3 Å². The molecule has 0 bridgehead atoms. The molecule has 1 N–H and O–H groups in total. The molecule has 2 rings (SSSR count). The molecule has 3 atom stereocenters. The summed E-state index contributed by atoms with van der Waals surface area (Å²) in [4.78, 5) is 41.0. The molecule has 1 aliphatic rings. The smallest absolute Gasteiger partial charge is 0.257 e. The van der Waals surface area contributed by atoms with E-state index in [0.717, 1.165) is 0 Å². The number of benzene rings is 1. The van der Waals surface area contributed by atoms with Crippen LogP contribution in [0.5, 0.6) is 5.75 Å². The minimum absolute atomic E-state index is 0.0240. The van der Waals surface area contributed by atoms with Gasteiger partial charge in [-0.2, -0.15) is 0 Å². The van der Waals surface area contributed by atoms with Crippen LogP contribution < -0.4 is 10.1 Å². The van der Waals surface area contributed by atoms with Crippen molar-refractivity contribution < 1.29 is 28.6 Å². The van der Waals surface area contributed by atoms with Crippen LogP contribution in [0.1, 0.15) is 37.6 Å². The van der Waals surface area contributed by atoms with E-state index in [4.69, 9.17) is 14.2 Å². The Labute approximate surface area is 190 Å². The summed E-state index contributed by atoms with van der Waals surface area (Å²) in [5.74, 6) is -0.157. The maximum absolute atomic E-state index is 13.2. The summed E-state index contributed by atoms with van der Waals surface area (Å²) >= 11 is 0. The fourth-order valence-corrected chi connectivity index (χ4v) is 3.65. The Morgan fingerprint density at radius 3 is 2.56 bits per heavy atom. The highest BCUT2D eigenvalue weighted by molar-refractivity contribution is 5.98. The van der Waals surface area contributed by atoms with E-state index in [1.807, 2.05) is 13.8 Å². The van der Waals surface area contributed by atoms with Crippen molar-refractivity contribution in [3.8, 4) is 5.75 Å². The van der Waals surface area contributed by atoms with Crippen molar-refractivity contribution in [2.24, 2.45) is 5.92 Å². The lowest BCUT2D eigenvalue weighted by atomic mass is 10.0. The number of rotatable bonds is 5. The highest BCUT2D eigenvalue weighted by Gasteiger charge is 2.30. The van der Waals surface area contributed by atoms with Crippen molar-refractivity contribution >= 4 is 23.4 Å². The van der Waals surface area contributed by atoms with Gasteiger partial charge in [-0.1, -0.05) is 13.8 Å². The van der Waals surface area contributed by atoms with E-state index < -0.39 is 0 Å². The largest absolute Gasteiger partial charge is 0.491 e. The number of carbonyl (C=O) groups excluding carboxylic acids is 3. The SMILES string of the molecule is CCC(=O)Nc1ccc2c(c1)OC[C@@H](C)N(C(=O)COC)C[C@H](C)[C@H](OC)CN(C)C2=O. The van der Waals surface area contributed by atoms with Gasteiger partial charge in [-0.05, 0) is 19.1 Å². The molecule has 0 spiro atoms. The number of anilines is 1.